The monoisotopic (exact) mass is 374 g/mol. The van der Waals surface area contributed by atoms with Gasteiger partial charge in [0.15, 0.2) is 5.65 Å². The van der Waals surface area contributed by atoms with Crippen molar-refractivity contribution in [3.63, 3.8) is 0 Å². The van der Waals surface area contributed by atoms with Crippen molar-refractivity contribution in [2.45, 2.75) is 26.7 Å². The molecule has 142 valence electrons. The van der Waals surface area contributed by atoms with Gasteiger partial charge in [-0.1, -0.05) is 18.2 Å². The van der Waals surface area contributed by atoms with Gasteiger partial charge in [0.05, 0.1) is 28.8 Å². The largest absolute Gasteiger partial charge is 0.352 e. The first-order chi connectivity index (χ1) is 13.6. The van der Waals surface area contributed by atoms with Crippen LogP contribution in [0.25, 0.3) is 11.3 Å². The molecule has 7 nitrogen and oxygen atoms in total. The zero-order valence-electron chi connectivity index (χ0n) is 16.0. The lowest BCUT2D eigenvalue weighted by atomic mass is 10.2. The number of carbonyl (C=O) groups excluding carboxylic acids is 1. The Hall–Kier alpha value is -3.48. The number of hydrogen-bond donors (Lipinski definition) is 1. The topological polar surface area (TPSA) is 77.1 Å². The molecule has 7 heteroatoms. The number of amides is 1. The zero-order valence-corrected chi connectivity index (χ0v) is 16.0. The summed E-state index contributed by atoms with van der Waals surface area (Å²) in [6.07, 6.45) is 7.13. The predicted molar refractivity (Wildman–Crippen MR) is 107 cm³/mol. The molecular formula is C21H22N6O. The van der Waals surface area contributed by atoms with E-state index in [2.05, 4.69) is 20.5 Å². The van der Waals surface area contributed by atoms with Crippen molar-refractivity contribution in [2.24, 2.45) is 0 Å². The molecule has 1 N–H and O–H groups in total. The molecule has 4 aromatic rings. The van der Waals surface area contributed by atoms with Gasteiger partial charge in [-0.2, -0.15) is 10.2 Å². The lowest BCUT2D eigenvalue weighted by molar-refractivity contribution is 0.0952. The molecule has 3 aromatic heterocycles. The SMILES string of the molecule is Cc1cc2ncc(CCCNC(=O)c3cnn(-c4ccccc4)c3C)cn2n1. The van der Waals surface area contributed by atoms with Crippen LogP contribution in [0.1, 0.15) is 33.7 Å². The lowest BCUT2D eigenvalue weighted by Crippen LogP contribution is -2.25. The number of para-hydroxylation sites is 1. The van der Waals surface area contributed by atoms with Crippen molar-refractivity contribution in [2.75, 3.05) is 6.54 Å². The van der Waals surface area contributed by atoms with Crippen LogP contribution in [-0.2, 0) is 6.42 Å². The molecule has 0 atom stereocenters. The van der Waals surface area contributed by atoms with E-state index in [1.54, 1.807) is 15.4 Å². The van der Waals surface area contributed by atoms with E-state index in [9.17, 15) is 4.79 Å². The van der Waals surface area contributed by atoms with Gasteiger partial charge in [0.1, 0.15) is 0 Å². The molecule has 0 aliphatic rings. The molecule has 0 saturated heterocycles. The van der Waals surface area contributed by atoms with E-state index >= 15 is 0 Å². The molecule has 1 amide bonds. The fourth-order valence-electron chi connectivity index (χ4n) is 3.21. The molecule has 4 rings (SSSR count). The summed E-state index contributed by atoms with van der Waals surface area (Å²) < 4.78 is 3.58. The number of carbonyl (C=O) groups is 1. The molecule has 0 aliphatic heterocycles. The summed E-state index contributed by atoms with van der Waals surface area (Å²) in [6.45, 7) is 4.44. The van der Waals surface area contributed by atoms with E-state index in [1.807, 2.05) is 62.6 Å². The van der Waals surface area contributed by atoms with Crippen molar-refractivity contribution in [1.29, 1.82) is 0 Å². The Kier molecular flexibility index (Phi) is 4.89. The Labute approximate surface area is 163 Å². The molecule has 0 saturated carbocycles. The average molecular weight is 374 g/mol. The molecule has 1 aromatic carbocycles. The van der Waals surface area contributed by atoms with Gasteiger partial charge in [0, 0.05) is 25.0 Å². The molecule has 3 heterocycles. The first kappa shape index (κ1) is 17.9. The van der Waals surface area contributed by atoms with Crippen molar-refractivity contribution < 1.29 is 4.79 Å². The van der Waals surface area contributed by atoms with Crippen molar-refractivity contribution in [1.82, 2.24) is 29.7 Å². The number of aryl methyl sites for hydroxylation is 2. The third-order valence-electron chi connectivity index (χ3n) is 4.67. The van der Waals surface area contributed by atoms with Crippen LogP contribution in [0.5, 0.6) is 0 Å². The molecular weight excluding hydrogens is 352 g/mol. The number of rotatable bonds is 6. The second kappa shape index (κ2) is 7.64. The second-order valence-electron chi connectivity index (χ2n) is 6.80. The van der Waals surface area contributed by atoms with Gasteiger partial charge in [0.25, 0.3) is 5.91 Å². The summed E-state index contributed by atoms with van der Waals surface area (Å²) in [4.78, 5) is 16.9. The normalized spacial score (nSPS) is 11.1. The van der Waals surface area contributed by atoms with Crippen molar-refractivity contribution in [3.8, 4) is 5.69 Å². The minimum absolute atomic E-state index is 0.101. The third kappa shape index (κ3) is 3.64. The van der Waals surface area contributed by atoms with Gasteiger partial charge in [0.2, 0.25) is 0 Å². The van der Waals surface area contributed by atoms with Crippen molar-refractivity contribution >= 4 is 11.6 Å². The van der Waals surface area contributed by atoms with Gasteiger partial charge < -0.3 is 5.32 Å². The van der Waals surface area contributed by atoms with E-state index in [-0.39, 0.29) is 5.91 Å². The fraction of sp³-hybridized carbons (Fsp3) is 0.238. The molecule has 0 spiro atoms. The molecule has 0 bridgehead atoms. The maximum absolute atomic E-state index is 12.5. The number of hydrogen-bond acceptors (Lipinski definition) is 4. The summed E-state index contributed by atoms with van der Waals surface area (Å²) in [5.41, 5.74) is 5.25. The lowest BCUT2D eigenvalue weighted by Gasteiger charge is -2.07. The van der Waals surface area contributed by atoms with Crippen LogP contribution in [0, 0.1) is 13.8 Å². The minimum Gasteiger partial charge on any atom is -0.352 e. The highest BCUT2D eigenvalue weighted by Crippen LogP contribution is 2.14. The maximum Gasteiger partial charge on any atom is 0.254 e. The third-order valence-corrected chi connectivity index (χ3v) is 4.67. The van der Waals surface area contributed by atoms with Gasteiger partial charge in [-0.05, 0) is 44.4 Å². The van der Waals surface area contributed by atoms with Crippen LogP contribution in [-0.4, -0.2) is 36.8 Å². The van der Waals surface area contributed by atoms with Crippen LogP contribution in [0.3, 0.4) is 0 Å². The van der Waals surface area contributed by atoms with Crippen LogP contribution in [0.2, 0.25) is 0 Å². The Morgan fingerprint density at radius 1 is 1.14 bits per heavy atom. The summed E-state index contributed by atoms with van der Waals surface area (Å²) >= 11 is 0. The standard InChI is InChI=1S/C21H22N6O/c1-15-11-20-23-12-17(14-26(20)25-15)7-6-10-22-21(28)19-13-24-27(16(19)2)18-8-4-3-5-9-18/h3-5,8-9,11-14H,6-7,10H2,1-2H3,(H,22,28). The van der Waals surface area contributed by atoms with Crippen molar-refractivity contribution in [3.05, 3.63) is 77.5 Å². The minimum atomic E-state index is -0.101. The smallest absolute Gasteiger partial charge is 0.254 e. The second-order valence-corrected chi connectivity index (χ2v) is 6.80. The van der Waals surface area contributed by atoms with E-state index in [0.29, 0.717) is 12.1 Å². The number of fused-ring (bicyclic) bond motifs is 1. The Morgan fingerprint density at radius 2 is 1.96 bits per heavy atom. The Balaban J connectivity index is 1.33. The number of nitrogens with zero attached hydrogens (tertiary/aromatic N) is 5. The van der Waals surface area contributed by atoms with E-state index in [0.717, 1.165) is 41.1 Å². The van der Waals surface area contributed by atoms with Crippen LogP contribution in [0.4, 0.5) is 0 Å². The average Bonchev–Trinajstić information content (AvgIpc) is 3.27. The maximum atomic E-state index is 12.5. The zero-order chi connectivity index (χ0) is 19.5. The molecule has 0 unspecified atom stereocenters. The first-order valence-electron chi connectivity index (χ1n) is 9.31. The molecule has 0 fully saturated rings. The summed E-state index contributed by atoms with van der Waals surface area (Å²) in [5, 5.41) is 11.7. The molecule has 0 aliphatic carbocycles. The van der Waals surface area contributed by atoms with Crippen LogP contribution in [0.15, 0.2) is 55.0 Å². The Morgan fingerprint density at radius 3 is 2.79 bits per heavy atom. The quantitative estimate of drug-likeness (QED) is 0.527. The number of benzene rings is 1. The number of nitrogens with one attached hydrogen (secondary N) is 1. The van der Waals surface area contributed by atoms with Gasteiger partial charge in [-0.15, -0.1) is 0 Å². The summed E-state index contributed by atoms with van der Waals surface area (Å²) in [6, 6.07) is 11.7. The van der Waals surface area contributed by atoms with Gasteiger partial charge >= 0.3 is 0 Å². The molecule has 28 heavy (non-hydrogen) atoms. The summed E-state index contributed by atoms with van der Waals surface area (Å²) in [7, 11) is 0. The Bertz CT molecular complexity index is 1110. The highest BCUT2D eigenvalue weighted by Gasteiger charge is 2.14. The number of aromatic nitrogens is 5. The van der Waals surface area contributed by atoms with Gasteiger partial charge in [-0.3, -0.25) is 4.79 Å². The van der Waals surface area contributed by atoms with E-state index in [4.69, 9.17) is 0 Å². The highest BCUT2D eigenvalue weighted by atomic mass is 16.1. The summed E-state index contributed by atoms with van der Waals surface area (Å²) in [5.74, 6) is -0.101. The van der Waals surface area contributed by atoms with Gasteiger partial charge in [-0.25, -0.2) is 14.2 Å². The predicted octanol–water partition coefficient (Wildman–Crippen LogP) is 2.89. The van der Waals surface area contributed by atoms with E-state index < -0.39 is 0 Å². The fourth-order valence-corrected chi connectivity index (χ4v) is 3.21. The van der Waals surface area contributed by atoms with Crippen LogP contribution < -0.4 is 5.32 Å². The first-order valence-corrected chi connectivity index (χ1v) is 9.31. The highest BCUT2D eigenvalue weighted by molar-refractivity contribution is 5.95. The van der Waals surface area contributed by atoms with Crippen LogP contribution >= 0.6 is 0 Å². The molecule has 0 radical (unpaired) electrons. The van der Waals surface area contributed by atoms with E-state index in [1.165, 1.54) is 0 Å².